The normalized spacial score (nSPS) is 21.0. The van der Waals surface area contributed by atoms with Crippen LogP contribution in [-0.2, 0) is 0 Å². The minimum Gasteiger partial charge on any atom is -0.487 e. The predicted octanol–water partition coefficient (Wildman–Crippen LogP) is 5.13. The summed E-state index contributed by atoms with van der Waals surface area (Å²) < 4.78 is 21.5. The van der Waals surface area contributed by atoms with E-state index in [1.54, 1.807) is 0 Å². The molecule has 1 saturated heterocycles. The number of hydrogen-bond acceptors (Lipinski definition) is 3. The number of aryl methyl sites for hydroxylation is 1. The van der Waals surface area contributed by atoms with Gasteiger partial charge in [0.1, 0.15) is 17.5 Å². The van der Waals surface area contributed by atoms with E-state index in [0.29, 0.717) is 17.7 Å². The van der Waals surface area contributed by atoms with Crippen molar-refractivity contribution in [1.82, 2.24) is 10.3 Å². The molecule has 2 aliphatic heterocycles. The number of fused-ring (bicyclic) bond motifs is 2. The molecule has 5 rings (SSSR count). The van der Waals surface area contributed by atoms with Gasteiger partial charge in [-0.3, -0.25) is 4.98 Å². The van der Waals surface area contributed by atoms with Crippen molar-refractivity contribution >= 4 is 10.9 Å². The summed E-state index contributed by atoms with van der Waals surface area (Å²) in [5.41, 5.74) is 4.56. The maximum atomic E-state index is 15.1. The van der Waals surface area contributed by atoms with Crippen LogP contribution in [0.15, 0.2) is 48.7 Å². The molecule has 0 aliphatic carbocycles. The zero-order valence-corrected chi connectivity index (χ0v) is 15.5. The van der Waals surface area contributed by atoms with Gasteiger partial charge in [-0.1, -0.05) is 24.3 Å². The summed E-state index contributed by atoms with van der Waals surface area (Å²) in [6, 6.07) is 14.2. The standard InChI is InChI=1S/C23H23FN2O/c1-15-18(6-4-16-3-2-10-26-22(15)16)17-5-7-21-19(13-17)20(24)14-23(27-21)8-11-25-12-9-23/h2-7,10,13,20,25H,8-9,11-12,14H2,1H3. The first-order valence-electron chi connectivity index (χ1n) is 9.68. The fourth-order valence-electron chi connectivity index (χ4n) is 4.56. The van der Waals surface area contributed by atoms with Crippen LogP contribution in [0.2, 0.25) is 0 Å². The monoisotopic (exact) mass is 362 g/mol. The van der Waals surface area contributed by atoms with E-state index < -0.39 is 6.17 Å². The van der Waals surface area contributed by atoms with Crippen molar-refractivity contribution in [2.75, 3.05) is 13.1 Å². The molecule has 1 atom stereocenters. The quantitative estimate of drug-likeness (QED) is 0.652. The number of halogens is 1. The molecule has 3 aromatic rings. The number of nitrogens with one attached hydrogen (secondary N) is 1. The molecule has 3 nitrogen and oxygen atoms in total. The Balaban J connectivity index is 1.55. The van der Waals surface area contributed by atoms with Crippen molar-refractivity contribution in [1.29, 1.82) is 0 Å². The lowest BCUT2D eigenvalue weighted by atomic mass is 9.82. The molecule has 2 aliphatic rings. The molecule has 1 aromatic heterocycles. The van der Waals surface area contributed by atoms with Crippen molar-refractivity contribution in [3.63, 3.8) is 0 Å². The summed E-state index contributed by atoms with van der Waals surface area (Å²) in [5, 5.41) is 4.46. The molecule has 1 N–H and O–H groups in total. The molecule has 1 spiro atoms. The van der Waals surface area contributed by atoms with Crippen LogP contribution in [0.4, 0.5) is 4.39 Å². The van der Waals surface area contributed by atoms with Crippen molar-refractivity contribution < 1.29 is 9.13 Å². The molecule has 0 radical (unpaired) electrons. The third-order valence-corrected chi connectivity index (χ3v) is 6.08. The summed E-state index contributed by atoms with van der Waals surface area (Å²) in [6.07, 6.45) is 3.01. The van der Waals surface area contributed by atoms with E-state index in [4.69, 9.17) is 4.74 Å². The maximum Gasteiger partial charge on any atom is 0.133 e. The van der Waals surface area contributed by atoms with Crippen LogP contribution >= 0.6 is 0 Å². The zero-order valence-electron chi connectivity index (χ0n) is 15.5. The number of benzene rings is 2. The molecule has 138 valence electrons. The Kier molecular flexibility index (Phi) is 3.90. The van der Waals surface area contributed by atoms with Gasteiger partial charge in [-0.25, -0.2) is 4.39 Å². The molecular formula is C23H23FN2O. The number of pyridine rings is 1. The lowest BCUT2D eigenvalue weighted by Gasteiger charge is -2.42. The Morgan fingerprint density at radius 3 is 2.85 bits per heavy atom. The second kappa shape index (κ2) is 6.31. The van der Waals surface area contributed by atoms with Gasteiger partial charge in [0.2, 0.25) is 0 Å². The highest BCUT2D eigenvalue weighted by Crippen LogP contribution is 2.46. The summed E-state index contributed by atoms with van der Waals surface area (Å²) in [7, 11) is 0. The second-order valence-corrected chi connectivity index (χ2v) is 7.77. The first-order chi connectivity index (χ1) is 13.2. The van der Waals surface area contributed by atoms with Gasteiger partial charge >= 0.3 is 0 Å². The van der Waals surface area contributed by atoms with Crippen LogP contribution in [0.5, 0.6) is 5.75 Å². The fraction of sp³-hybridized carbons (Fsp3) is 0.348. The van der Waals surface area contributed by atoms with Crippen LogP contribution in [0.3, 0.4) is 0 Å². The zero-order chi connectivity index (χ0) is 18.4. The molecule has 2 aromatic carbocycles. The molecule has 1 fully saturated rings. The highest BCUT2D eigenvalue weighted by molar-refractivity contribution is 5.88. The maximum absolute atomic E-state index is 15.1. The molecule has 0 bridgehead atoms. The predicted molar refractivity (Wildman–Crippen MR) is 106 cm³/mol. The van der Waals surface area contributed by atoms with Crippen molar-refractivity contribution in [2.24, 2.45) is 0 Å². The number of ether oxygens (including phenoxy) is 1. The van der Waals surface area contributed by atoms with Crippen LogP contribution < -0.4 is 10.1 Å². The highest BCUT2D eigenvalue weighted by Gasteiger charge is 2.42. The van der Waals surface area contributed by atoms with Gasteiger partial charge in [-0.05, 0) is 67.7 Å². The third kappa shape index (κ3) is 2.79. The first kappa shape index (κ1) is 16.7. The van der Waals surface area contributed by atoms with E-state index in [1.165, 1.54) is 0 Å². The number of piperidine rings is 1. The number of nitrogens with zero attached hydrogens (tertiary/aromatic N) is 1. The average molecular weight is 362 g/mol. The molecule has 3 heterocycles. The van der Waals surface area contributed by atoms with E-state index in [1.807, 2.05) is 30.5 Å². The van der Waals surface area contributed by atoms with Gasteiger partial charge < -0.3 is 10.1 Å². The van der Waals surface area contributed by atoms with Gasteiger partial charge in [0.25, 0.3) is 0 Å². The Labute approximate surface area is 158 Å². The molecule has 27 heavy (non-hydrogen) atoms. The Morgan fingerprint density at radius 1 is 1.15 bits per heavy atom. The minimum atomic E-state index is -0.981. The summed E-state index contributed by atoms with van der Waals surface area (Å²) in [5.74, 6) is 0.705. The van der Waals surface area contributed by atoms with E-state index in [0.717, 1.165) is 53.5 Å². The number of hydrogen-bond donors (Lipinski definition) is 1. The molecule has 4 heteroatoms. The number of rotatable bonds is 1. The van der Waals surface area contributed by atoms with Crippen LogP contribution in [0.25, 0.3) is 22.0 Å². The smallest absolute Gasteiger partial charge is 0.133 e. The average Bonchev–Trinajstić information content (AvgIpc) is 2.69. The lowest BCUT2D eigenvalue weighted by molar-refractivity contribution is -0.0120. The lowest BCUT2D eigenvalue weighted by Crippen LogP contribution is -2.48. The van der Waals surface area contributed by atoms with Crippen molar-refractivity contribution in [3.05, 3.63) is 59.8 Å². The molecule has 1 unspecified atom stereocenters. The van der Waals surface area contributed by atoms with Gasteiger partial charge in [0.15, 0.2) is 0 Å². The van der Waals surface area contributed by atoms with Gasteiger partial charge in [-0.15, -0.1) is 0 Å². The Bertz CT molecular complexity index is 1010. The Hall–Kier alpha value is -2.46. The van der Waals surface area contributed by atoms with Gasteiger partial charge in [-0.2, -0.15) is 0 Å². The van der Waals surface area contributed by atoms with E-state index in [9.17, 15) is 0 Å². The summed E-state index contributed by atoms with van der Waals surface area (Å²) in [4.78, 5) is 4.52. The summed E-state index contributed by atoms with van der Waals surface area (Å²) >= 11 is 0. The topological polar surface area (TPSA) is 34.1 Å². The van der Waals surface area contributed by atoms with E-state index >= 15 is 4.39 Å². The summed E-state index contributed by atoms with van der Waals surface area (Å²) in [6.45, 7) is 3.87. The van der Waals surface area contributed by atoms with Gasteiger partial charge in [0, 0.05) is 23.6 Å². The van der Waals surface area contributed by atoms with Crippen molar-refractivity contribution in [2.45, 2.75) is 38.0 Å². The SMILES string of the molecule is Cc1c(-c2ccc3c(c2)C(F)CC2(CCNCC2)O3)ccc2cccnc12. The largest absolute Gasteiger partial charge is 0.487 e. The van der Waals surface area contributed by atoms with E-state index in [-0.39, 0.29) is 5.60 Å². The molecular weight excluding hydrogens is 339 g/mol. The molecule has 0 amide bonds. The first-order valence-corrected chi connectivity index (χ1v) is 9.68. The van der Waals surface area contributed by atoms with Crippen molar-refractivity contribution in [3.8, 4) is 16.9 Å². The molecule has 0 saturated carbocycles. The van der Waals surface area contributed by atoms with Gasteiger partial charge in [0.05, 0.1) is 5.52 Å². The highest BCUT2D eigenvalue weighted by atomic mass is 19.1. The third-order valence-electron chi connectivity index (χ3n) is 6.08. The fourth-order valence-corrected chi connectivity index (χ4v) is 4.56. The minimum absolute atomic E-state index is 0.345. The number of alkyl halides is 1. The van der Waals surface area contributed by atoms with Crippen LogP contribution in [-0.4, -0.2) is 23.7 Å². The van der Waals surface area contributed by atoms with Crippen LogP contribution in [0, 0.1) is 6.92 Å². The number of aromatic nitrogens is 1. The van der Waals surface area contributed by atoms with E-state index in [2.05, 4.69) is 35.4 Å². The van der Waals surface area contributed by atoms with Crippen LogP contribution in [0.1, 0.15) is 36.6 Å². The second-order valence-electron chi connectivity index (χ2n) is 7.77. The Morgan fingerprint density at radius 2 is 2.00 bits per heavy atom.